The Labute approximate surface area is 152 Å². The summed E-state index contributed by atoms with van der Waals surface area (Å²) in [6.07, 6.45) is -0.0902. The second kappa shape index (κ2) is 7.45. The number of phenols is 1. The quantitative estimate of drug-likeness (QED) is 0.666. The number of anilines is 1. The number of furan rings is 1. The lowest BCUT2D eigenvalue weighted by Gasteiger charge is -2.14. The fourth-order valence-electron chi connectivity index (χ4n) is 2.50. The zero-order valence-electron chi connectivity index (χ0n) is 14.2. The van der Waals surface area contributed by atoms with E-state index < -0.39 is 35.3 Å². The van der Waals surface area contributed by atoms with Gasteiger partial charge in [-0.1, -0.05) is 6.07 Å². The lowest BCUT2D eigenvalue weighted by molar-refractivity contribution is -0.152. The van der Waals surface area contributed by atoms with E-state index in [1.807, 2.05) is 0 Å². The smallest absolute Gasteiger partial charge is 0.311 e. The van der Waals surface area contributed by atoms with Gasteiger partial charge in [-0.2, -0.15) is 0 Å². The minimum absolute atomic E-state index is 0.0247. The maximum Gasteiger partial charge on any atom is 0.311 e. The van der Waals surface area contributed by atoms with Crippen LogP contribution in [0.5, 0.6) is 5.75 Å². The highest BCUT2D eigenvalue weighted by atomic mass is 19.1. The van der Waals surface area contributed by atoms with Crippen molar-refractivity contribution >= 4 is 28.5 Å². The average Bonchev–Trinajstić information content (AvgIpc) is 2.99. The predicted molar refractivity (Wildman–Crippen MR) is 92.1 cm³/mol. The standard InChI is InChI=1S/C19H15F2NO5/c1-10(19(25)22-18-14(20)3-2-4-15(18)21)27-17(24)7-11-9-26-16-8-12(23)5-6-13(11)16/h2-6,8-10,23H,7H2,1H3,(H,22,25)/t10-/m0/s1. The van der Waals surface area contributed by atoms with Gasteiger partial charge >= 0.3 is 5.97 Å². The van der Waals surface area contributed by atoms with E-state index in [0.29, 0.717) is 16.5 Å². The number of rotatable bonds is 5. The van der Waals surface area contributed by atoms with Gasteiger partial charge in [-0.25, -0.2) is 8.78 Å². The fraction of sp³-hybridized carbons (Fsp3) is 0.158. The van der Waals surface area contributed by atoms with Gasteiger partial charge in [0.15, 0.2) is 6.10 Å². The number of fused-ring (bicyclic) bond motifs is 1. The number of hydrogen-bond acceptors (Lipinski definition) is 5. The molecule has 3 aromatic rings. The lowest BCUT2D eigenvalue weighted by Crippen LogP contribution is -2.31. The van der Waals surface area contributed by atoms with Crippen LogP contribution in [0.25, 0.3) is 11.0 Å². The Bertz CT molecular complexity index is 994. The average molecular weight is 375 g/mol. The van der Waals surface area contributed by atoms with Crippen LogP contribution >= 0.6 is 0 Å². The van der Waals surface area contributed by atoms with Crippen molar-refractivity contribution in [3.05, 3.63) is 59.9 Å². The van der Waals surface area contributed by atoms with E-state index in [0.717, 1.165) is 12.1 Å². The molecule has 0 fully saturated rings. The Kier molecular flexibility index (Phi) is 5.07. The van der Waals surface area contributed by atoms with Crippen LogP contribution in [0.2, 0.25) is 0 Å². The first-order valence-corrected chi connectivity index (χ1v) is 7.98. The molecule has 0 radical (unpaired) electrons. The number of aromatic hydroxyl groups is 1. The summed E-state index contributed by atoms with van der Waals surface area (Å²) < 4.78 is 37.4. The molecule has 0 aliphatic heterocycles. The third-order valence-corrected chi connectivity index (χ3v) is 3.86. The second-order valence-electron chi connectivity index (χ2n) is 5.84. The summed E-state index contributed by atoms with van der Waals surface area (Å²) in [7, 11) is 0. The highest BCUT2D eigenvalue weighted by Gasteiger charge is 2.21. The molecule has 1 amide bonds. The van der Waals surface area contributed by atoms with E-state index in [1.165, 1.54) is 31.4 Å². The van der Waals surface area contributed by atoms with Crippen LogP contribution in [-0.4, -0.2) is 23.1 Å². The molecule has 0 aliphatic rings. The minimum Gasteiger partial charge on any atom is -0.508 e. The molecule has 1 aromatic heterocycles. The zero-order chi connectivity index (χ0) is 19.6. The number of esters is 1. The number of hydrogen-bond donors (Lipinski definition) is 2. The van der Waals surface area contributed by atoms with Crippen LogP contribution in [0, 0.1) is 11.6 Å². The van der Waals surface area contributed by atoms with Crippen LogP contribution < -0.4 is 5.32 Å². The predicted octanol–water partition coefficient (Wildman–Crippen LogP) is 3.53. The number of carbonyl (C=O) groups excluding carboxylic acids is 2. The first-order chi connectivity index (χ1) is 12.8. The third kappa shape index (κ3) is 4.05. The van der Waals surface area contributed by atoms with Gasteiger partial charge in [0.05, 0.1) is 12.7 Å². The molecule has 0 spiro atoms. The van der Waals surface area contributed by atoms with E-state index in [4.69, 9.17) is 9.15 Å². The van der Waals surface area contributed by atoms with Gasteiger partial charge in [-0.15, -0.1) is 0 Å². The van der Waals surface area contributed by atoms with Crippen molar-refractivity contribution in [1.29, 1.82) is 0 Å². The van der Waals surface area contributed by atoms with Crippen molar-refractivity contribution in [2.75, 3.05) is 5.32 Å². The molecule has 6 nitrogen and oxygen atoms in total. The van der Waals surface area contributed by atoms with E-state index in [-0.39, 0.29) is 12.2 Å². The molecule has 0 unspecified atom stereocenters. The van der Waals surface area contributed by atoms with Crippen molar-refractivity contribution in [3.8, 4) is 5.75 Å². The van der Waals surface area contributed by atoms with Gasteiger partial charge < -0.3 is 19.6 Å². The van der Waals surface area contributed by atoms with Crippen LogP contribution in [-0.2, 0) is 20.7 Å². The summed E-state index contributed by atoms with van der Waals surface area (Å²) >= 11 is 0. The molecule has 2 aromatic carbocycles. The van der Waals surface area contributed by atoms with Crippen molar-refractivity contribution in [2.45, 2.75) is 19.4 Å². The van der Waals surface area contributed by atoms with Crippen molar-refractivity contribution in [2.24, 2.45) is 0 Å². The molecule has 27 heavy (non-hydrogen) atoms. The molecule has 3 rings (SSSR count). The SMILES string of the molecule is C[C@H](OC(=O)Cc1coc2cc(O)ccc12)C(=O)Nc1c(F)cccc1F. The van der Waals surface area contributed by atoms with Gasteiger partial charge in [0.2, 0.25) is 0 Å². The highest BCUT2D eigenvalue weighted by molar-refractivity contribution is 5.95. The van der Waals surface area contributed by atoms with E-state index in [2.05, 4.69) is 5.32 Å². The number of ether oxygens (including phenoxy) is 1. The van der Waals surface area contributed by atoms with Crippen LogP contribution in [0.15, 0.2) is 47.1 Å². The first kappa shape index (κ1) is 18.4. The third-order valence-electron chi connectivity index (χ3n) is 3.86. The van der Waals surface area contributed by atoms with Crippen LogP contribution in [0.4, 0.5) is 14.5 Å². The highest BCUT2D eigenvalue weighted by Crippen LogP contribution is 2.25. The summed E-state index contributed by atoms with van der Waals surface area (Å²) in [5, 5.41) is 12.1. The van der Waals surface area contributed by atoms with Gasteiger partial charge in [0, 0.05) is 17.0 Å². The molecule has 8 heteroatoms. The molecule has 0 aliphatic carbocycles. The van der Waals surface area contributed by atoms with Gasteiger partial charge in [0.1, 0.15) is 28.7 Å². The van der Waals surface area contributed by atoms with E-state index in [1.54, 1.807) is 6.07 Å². The molecule has 2 N–H and O–H groups in total. The Morgan fingerprint density at radius 2 is 1.93 bits per heavy atom. The molecule has 140 valence electrons. The van der Waals surface area contributed by atoms with Crippen LogP contribution in [0.1, 0.15) is 12.5 Å². The number of nitrogens with one attached hydrogen (secondary N) is 1. The van der Waals surface area contributed by atoms with Gasteiger partial charge in [-0.05, 0) is 31.2 Å². The Balaban J connectivity index is 1.63. The zero-order valence-corrected chi connectivity index (χ0v) is 14.2. The summed E-state index contributed by atoms with van der Waals surface area (Å²) in [6, 6.07) is 7.61. The summed E-state index contributed by atoms with van der Waals surface area (Å²) in [6.45, 7) is 1.29. The number of amides is 1. The number of halogens is 2. The number of phenolic OH excluding ortho intramolecular Hbond substituents is 1. The van der Waals surface area contributed by atoms with Crippen molar-refractivity contribution in [3.63, 3.8) is 0 Å². The second-order valence-corrected chi connectivity index (χ2v) is 5.84. The van der Waals surface area contributed by atoms with E-state index in [9.17, 15) is 23.5 Å². The summed E-state index contributed by atoms with van der Waals surface area (Å²) in [4.78, 5) is 24.1. The van der Waals surface area contributed by atoms with Crippen LogP contribution in [0.3, 0.4) is 0 Å². The Hall–Kier alpha value is -3.42. The molecule has 0 saturated heterocycles. The molecule has 1 atom stereocenters. The minimum atomic E-state index is -1.27. The van der Waals surface area contributed by atoms with Crippen molar-refractivity contribution < 1.29 is 32.6 Å². The van der Waals surface area contributed by atoms with Crippen molar-refractivity contribution in [1.82, 2.24) is 0 Å². The molecule has 1 heterocycles. The number of carbonyl (C=O) groups is 2. The largest absolute Gasteiger partial charge is 0.508 e. The maximum atomic E-state index is 13.6. The van der Waals surface area contributed by atoms with E-state index >= 15 is 0 Å². The monoisotopic (exact) mass is 375 g/mol. The summed E-state index contributed by atoms with van der Waals surface area (Å²) in [5.74, 6) is -3.43. The Morgan fingerprint density at radius 1 is 1.22 bits per heavy atom. The lowest BCUT2D eigenvalue weighted by atomic mass is 10.1. The van der Waals surface area contributed by atoms with Gasteiger partial charge in [-0.3, -0.25) is 9.59 Å². The maximum absolute atomic E-state index is 13.6. The number of benzene rings is 2. The first-order valence-electron chi connectivity index (χ1n) is 7.98. The molecule has 0 saturated carbocycles. The fourth-order valence-corrected chi connectivity index (χ4v) is 2.50. The molecule has 0 bridgehead atoms. The molecular weight excluding hydrogens is 360 g/mol. The Morgan fingerprint density at radius 3 is 2.63 bits per heavy atom. The van der Waals surface area contributed by atoms with Gasteiger partial charge in [0.25, 0.3) is 5.91 Å². The molecular formula is C19H15F2NO5. The normalized spacial score (nSPS) is 12.0. The summed E-state index contributed by atoms with van der Waals surface area (Å²) in [5.41, 5.74) is 0.312. The topological polar surface area (TPSA) is 88.8 Å². The number of para-hydroxylation sites is 1.